The van der Waals surface area contributed by atoms with Gasteiger partial charge in [0, 0.05) is 7.05 Å². The molecular weight excluding hydrogens is 258 g/mol. The quantitative estimate of drug-likeness (QED) is 0.484. The van der Waals surface area contributed by atoms with Gasteiger partial charge in [0.15, 0.2) is 0 Å². The van der Waals surface area contributed by atoms with Crippen LogP contribution in [0, 0.1) is 0 Å². The summed E-state index contributed by atoms with van der Waals surface area (Å²) in [6, 6.07) is -2.25. The average Bonchev–Trinajstić information content (AvgIpc) is 2.27. The second kappa shape index (κ2) is 7.90. The molecule has 1 atom stereocenters. The Balaban J connectivity index is 4.42. The topological polar surface area (TPSA) is 139 Å². The van der Waals surface area contributed by atoms with Gasteiger partial charge >= 0.3 is 18.0 Å². The Kier molecular flexibility index (Phi) is 6.94. The van der Waals surface area contributed by atoms with Gasteiger partial charge in [0.05, 0.1) is 13.0 Å². The molecule has 0 rings (SSSR count). The predicted molar refractivity (Wildman–Crippen MR) is 63.0 cm³/mol. The predicted octanol–water partition coefficient (Wildman–Crippen LogP) is -1.48. The summed E-state index contributed by atoms with van der Waals surface area (Å²) in [5, 5.41) is 10.9. The van der Waals surface area contributed by atoms with Crippen LogP contribution in [0.1, 0.15) is 13.3 Å². The van der Waals surface area contributed by atoms with Crippen molar-refractivity contribution in [2.45, 2.75) is 19.4 Å². The van der Waals surface area contributed by atoms with E-state index in [1.54, 1.807) is 6.92 Å². The van der Waals surface area contributed by atoms with Crippen LogP contribution in [0.3, 0.4) is 0 Å². The van der Waals surface area contributed by atoms with Gasteiger partial charge in [-0.15, -0.1) is 0 Å². The summed E-state index contributed by atoms with van der Waals surface area (Å²) < 4.78 is 4.63. The molecule has 0 spiro atoms. The van der Waals surface area contributed by atoms with Gasteiger partial charge in [-0.1, -0.05) is 0 Å². The molecule has 3 amide bonds. The van der Waals surface area contributed by atoms with Crippen molar-refractivity contribution in [2.75, 3.05) is 20.2 Å². The highest BCUT2D eigenvalue weighted by Gasteiger charge is 2.24. The summed E-state index contributed by atoms with van der Waals surface area (Å²) in [6.45, 7) is 1.46. The molecule has 0 aromatic heterocycles. The Bertz CT molecular complexity index is 370. The molecule has 0 radical (unpaired) electrons. The molecule has 0 fully saturated rings. The first-order chi connectivity index (χ1) is 8.77. The van der Waals surface area contributed by atoms with E-state index in [1.165, 1.54) is 7.05 Å². The van der Waals surface area contributed by atoms with E-state index in [2.05, 4.69) is 10.1 Å². The van der Waals surface area contributed by atoms with E-state index in [0.29, 0.717) is 0 Å². The molecule has 0 aliphatic rings. The third kappa shape index (κ3) is 6.86. The lowest BCUT2D eigenvalue weighted by molar-refractivity contribution is -0.143. The molecule has 0 heterocycles. The molecule has 0 aromatic rings. The molecule has 108 valence electrons. The first-order valence-electron chi connectivity index (χ1n) is 5.46. The van der Waals surface area contributed by atoms with Crippen LogP contribution in [0.5, 0.6) is 0 Å². The molecule has 4 N–H and O–H groups in total. The molecule has 0 saturated heterocycles. The van der Waals surface area contributed by atoms with Gasteiger partial charge in [0.1, 0.15) is 12.6 Å². The highest BCUT2D eigenvalue weighted by atomic mass is 16.5. The number of hydrogen-bond acceptors (Lipinski definition) is 5. The van der Waals surface area contributed by atoms with Gasteiger partial charge in [-0.3, -0.25) is 9.59 Å². The number of urea groups is 1. The van der Waals surface area contributed by atoms with E-state index in [1.807, 2.05) is 0 Å². The van der Waals surface area contributed by atoms with Gasteiger partial charge in [-0.25, -0.2) is 9.59 Å². The SMILES string of the molecule is CCOC(=O)CN(C)C(=O)NC(CC(N)=O)C(=O)O. The number of carboxylic acids is 1. The van der Waals surface area contributed by atoms with Crippen molar-refractivity contribution in [1.82, 2.24) is 10.2 Å². The fourth-order valence-electron chi connectivity index (χ4n) is 1.13. The number of nitrogens with zero attached hydrogens (tertiary/aromatic N) is 1. The Hall–Kier alpha value is -2.32. The van der Waals surface area contributed by atoms with Crippen molar-refractivity contribution in [3.63, 3.8) is 0 Å². The molecule has 9 heteroatoms. The summed E-state index contributed by atoms with van der Waals surface area (Å²) in [7, 11) is 1.29. The Morgan fingerprint density at radius 3 is 2.37 bits per heavy atom. The van der Waals surface area contributed by atoms with Crippen molar-refractivity contribution in [1.29, 1.82) is 0 Å². The number of hydrogen-bond donors (Lipinski definition) is 3. The molecule has 0 bridgehead atoms. The van der Waals surface area contributed by atoms with Crippen molar-refractivity contribution < 1.29 is 29.0 Å². The number of rotatable bonds is 7. The zero-order valence-electron chi connectivity index (χ0n) is 10.7. The zero-order chi connectivity index (χ0) is 15.0. The van der Waals surface area contributed by atoms with Crippen LogP contribution in [-0.2, 0) is 19.1 Å². The van der Waals surface area contributed by atoms with E-state index in [-0.39, 0.29) is 13.2 Å². The molecule has 1 unspecified atom stereocenters. The fraction of sp³-hybridized carbons (Fsp3) is 0.600. The minimum absolute atomic E-state index is 0.174. The van der Waals surface area contributed by atoms with E-state index >= 15 is 0 Å². The van der Waals surface area contributed by atoms with Crippen LogP contribution in [0.15, 0.2) is 0 Å². The highest BCUT2D eigenvalue weighted by molar-refractivity contribution is 5.88. The Labute approximate surface area is 109 Å². The monoisotopic (exact) mass is 275 g/mol. The number of carboxylic acid groups (broad SMARTS) is 1. The molecule has 0 aliphatic heterocycles. The Morgan fingerprint density at radius 1 is 1.37 bits per heavy atom. The first kappa shape index (κ1) is 16.7. The van der Waals surface area contributed by atoms with Crippen LogP contribution in [0.4, 0.5) is 4.79 Å². The normalized spacial score (nSPS) is 11.3. The summed E-state index contributed by atoms with van der Waals surface area (Å²) in [5.41, 5.74) is 4.86. The van der Waals surface area contributed by atoms with Gasteiger partial charge in [0.25, 0.3) is 0 Å². The first-order valence-corrected chi connectivity index (χ1v) is 5.46. The zero-order valence-corrected chi connectivity index (χ0v) is 10.7. The molecule has 0 saturated carbocycles. The average molecular weight is 275 g/mol. The minimum atomic E-state index is -1.44. The minimum Gasteiger partial charge on any atom is -0.480 e. The second-order valence-electron chi connectivity index (χ2n) is 3.67. The van der Waals surface area contributed by atoms with Crippen LogP contribution >= 0.6 is 0 Å². The number of nitrogens with one attached hydrogen (secondary N) is 1. The van der Waals surface area contributed by atoms with Gasteiger partial charge in [-0.05, 0) is 6.92 Å². The van der Waals surface area contributed by atoms with Crippen LogP contribution in [-0.4, -0.2) is 60.1 Å². The number of aliphatic carboxylic acids is 1. The lowest BCUT2D eigenvalue weighted by Gasteiger charge is -2.19. The van der Waals surface area contributed by atoms with Crippen molar-refractivity contribution in [3.8, 4) is 0 Å². The molecule has 0 aromatic carbocycles. The number of ether oxygens (including phenoxy) is 1. The second-order valence-corrected chi connectivity index (χ2v) is 3.67. The van der Waals surface area contributed by atoms with E-state index in [0.717, 1.165) is 4.90 Å². The number of amides is 3. The number of primary amides is 1. The van der Waals surface area contributed by atoms with Crippen LogP contribution in [0.25, 0.3) is 0 Å². The third-order valence-corrected chi connectivity index (χ3v) is 2.02. The Morgan fingerprint density at radius 2 is 1.95 bits per heavy atom. The lowest BCUT2D eigenvalue weighted by atomic mass is 10.2. The number of esters is 1. The maximum Gasteiger partial charge on any atom is 0.326 e. The van der Waals surface area contributed by atoms with Crippen LogP contribution in [0.2, 0.25) is 0 Å². The van der Waals surface area contributed by atoms with Crippen molar-refractivity contribution in [3.05, 3.63) is 0 Å². The molecular formula is C10H17N3O6. The van der Waals surface area contributed by atoms with Crippen molar-refractivity contribution >= 4 is 23.9 Å². The maximum atomic E-state index is 11.6. The van der Waals surface area contributed by atoms with E-state index < -0.39 is 36.3 Å². The van der Waals surface area contributed by atoms with Crippen LogP contribution < -0.4 is 11.1 Å². The van der Waals surface area contributed by atoms with Gasteiger partial charge in [0.2, 0.25) is 5.91 Å². The lowest BCUT2D eigenvalue weighted by Crippen LogP contribution is -2.49. The molecule has 9 nitrogen and oxygen atoms in total. The van der Waals surface area contributed by atoms with Gasteiger partial charge < -0.3 is 25.8 Å². The third-order valence-electron chi connectivity index (χ3n) is 2.02. The van der Waals surface area contributed by atoms with E-state index in [9.17, 15) is 19.2 Å². The summed E-state index contributed by atoms with van der Waals surface area (Å²) >= 11 is 0. The number of carbonyl (C=O) groups excluding carboxylic acids is 3. The maximum absolute atomic E-state index is 11.6. The fourth-order valence-corrected chi connectivity index (χ4v) is 1.13. The highest BCUT2D eigenvalue weighted by Crippen LogP contribution is 1.95. The summed E-state index contributed by atoms with van der Waals surface area (Å²) in [4.78, 5) is 45.1. The molecule has 0 aliphatic carbocycles. The largest absolute Gasteiger partial charge is 0.480 e. The number of carbonyl (C=O) groups is 4. The molecule has 19 heavy (non-hydrogen) atoms. The number of likely N-dealkylation sites (N-methyl/N-ethyl adjacent to an activating group) is 1. The summed E-state index contributed by atoms with van der Waals surface area (Å²) in [5.74, 6) is -2.88. The smallest absolute Gasteiger partial charge is 0.326 e. The summed E-state index contributed by atoms with van der Waals surface area (Å²) in [6.07, 6.45) is -0.533. The van der Waals surface area contributed by atoms with E-state index in [4.69, 9.17) is 10.8 Å². The van der Waals surface area contributed by atoms with Gasteiger partial charge in [-0.2, -0.15) is 0 Å². The van der Waals surface area contributed by atoms with Crippen molar-refractivity contribution in [2.24, 2.45) is 5.73 Å². The number of nitrogens with two attached hydrogens (primary N) is 1. The standard InChI is InChI=1S/C10H17N3O6/c1-3-19-8(15)5-13(2)10(18)12-6(9(16)17)4-7(11)14/h6H,3-5H2,1-2H3,(H2,11,14)(H,12,18)(H,16,17).